The number of rotatable bonds is 2. The van der Waals surface area contributed by atoms with Crippen molar-refractivity contribution in [2.45, 2.75) is 0 Å². The van der Waals surface area contributed by atoms with E-state index in [9.17, 15) is 0 Å². The average Bonchev–Trinajstić information content (AvgIpc) is 2.83. The highest BCUT2D eigenvalue weighted by Gasteiger charge is 2.06. The Hall–Kier alpha value is -2.35. The van der Waals surface area contributed by atoms with Crippen LogP contribution in [0.2, 0.25) is 0 Å². The molecule has 0 bridgehead atoms. The van der Waals surface area contributed by atoms with Gasteiger partial charge in [0.05, 0.1) is 17.4 Å². The molecule has 0 fully saturated rings. The van der Waals surface area contributed by atoms with Crippen molar-refractivity contribution in [3.63, 3.8) is 0 Å². The highest BCUT2D eigenvalue weighted by atomic mass is 15.3. The van der Waals surface area contributed by atoms with E-state index in [0.717, 1.165) is 22.2 Å². The van der Waals surface area contributed by atoms with Crippen LogP contribution < -0.4 is 0 Å². The van der Waals surface area contributed by atoms with Gasteiger partial charge in [-0.25, -0.2) is 4.68 Å². The lowest BCUT2D eigenvalue weighted by Crippen LogP contribution is -1.98. The second-order valence-electron chi connectivity index (χ2n) is 3.93. The van der Waals surface area contributed by atoms with Gasteiger partial charge in [0.2, 0.25) is 0 Å². The molecule has 0 amide bonds. The van der Waals surface area contributed by atoms with Gasteiger partial charge in [-0.2, -0.15) is 5.10 Å². The molecule has 0 N–H and O–H groups in total. The zero-order chi connectivity index (χ0) is 11.7. The summed E-state index contributed by atoms with van der Waals surface area (Å²) in [5, 5.41) is 5.52. The number of para-hydroxylation sites is 1. The standard InChI is InChI=1S/C15H12N2/c1-12(13-7-3-2-4-8-13)17-15-10-6-5-9-14(15)11-16-17/h2-11H,1H2. The van der Waals surface area contributed by atoms with E-state index < -0.39 is 0 Å². The fraction of sp³-hybridized carbons (Fsp3) is 0. The first-order chi connectivity index (χ1) is 8.36. The van der Waals surface area contributed by atoms with Gasteiger partial charge in [-0.15, -0.1) is 0 Å². The molecule has 2 heteroatoms. The molecule has 0 saturated carbocycles. The van der Waals surface area contributed by atoms with Crippen molar-refractivity contribution in [1.82, 2.24) is 9.78 Å². The van der Waals surface area contributed by atoms with Crippen LogP contribution in [0, 0.1) is 0 Å². The van der Waals surface area contributed by atoms with Crippen molar-refractivity contribution in [3.05, 3.63) is 72.9 Å². The number of benzene rings is 2. The zero-order valence-corrected chi connectivity index (χ0v) is 9.38. The third-order valence-electron chi connectivity index (χ3n) is 2.84. The fourth-order valence-electron chi connectivity index (χ4n) is 1.94. The van der Waals surface area contributed by atoms with Crippen LogP contribution in [0.4, 0.5) is 0 Å². The lowest BCUT2D eigenvalue weighted by molar-refractivity contribution is 0.937. The van der Waals surface area contributed by atoms with Gasteiger partial charge in [0.15, 0.2) is 0 Å². The summed E-state index contributed by atoms with van der Waals surface area (Å²) < 4.78 is 1.88. The summed E-state index contributed by atoms with van der Waals surface area (Å²) in [6.07, 6.45) is 1.86. The Morgan fingerprint density at radius 3 is 2.47 bits per heavy atom. The Morgan fingerprint density at radius 1 is 0.941 bits per heavy atom. The Labute approximate surface area is 99.8 Å². The normalized spacial score (nSPS) is 10.6. The molecule has 3 rings (SSSR count). The number of aromatic nitrogens is 2. The van der Waals surface area contributed by atoms with Gasteiger partial charge in [-0.3, -0.25) is 0 Å². The van der Waals surface area contributed by atoms with Crippen LogP contribution in [-0.2, 0) is 0 Å². The summed E-state index contributed by atoms with van der Waals surface area (Å²) >= 11 is 0. The Kier molecular flexibility index (Phi) is 2.26. The lowest BCUT2D eigenvalue weighted by atomic mass is 10.2. The molecule has 3 aromatic rings. The Morgan fingerprint density at radius 2 is 1.65 bits per heavy atom. The van der Waals surface area contributed by atoms with E-state index in [1.807, 2.05) is 53.3 Å². The quantitative estimate of drug-likeness (QED) is 0.645. The van der Waals surface area contributed by atoms with Crippen molar-refractivity contribution in [3.8, 4) is 0 Å². The molecule has 0 aliphatic rings. The smallest absolute Gasteiger partial charge is 0.0741 e. The summed E-state index contributed by atoms with van der Waals surface area (Å²) in [5.74, 6) is 0. The average molecular weight is 220 g/mol. The maximum absolute atomic E-state index is 4.39. The maximum Gasteiger partial charge on any atom is 0.0741 e. The van der Waals surface area contributed by atoms with Gasteiger partial charge in [0.25, 0.3) is 0 Å². The summed E-state index contributed by atoms with van der Waals surface area (Å²) in [4.78, 5) is 0. The first-order valence-electron chi connectivity index (χ1n) is 5.54. The summed E-state index contributed by atoms with van der Waals surface area (Å²) in [5.41, 5.74) is 3.06. The molecule has 1 heterocycles. The minimum Gasteiger partial charge on any atom is -0.233 e. The molecule has 0 spiro atoms. The Balaban J connectivity index is 2.14. The molecule has 0 aliphatic carbocycles. The predicted molar refractivity (Wildman–Crippen MR) is 70.6 cm³/mol. The monoisotopic (exact) mass is 220 g/mol. The van der Waals surface area contributed by atoms with E-state index in [4.69, 9.17) is 0 Å². The molecule has 2 nitrogen and oxygen atoms in total. The van der Waals surface area contributed by atoms with Gasteiger partial charge in [0, 0.05) is 5.39 Å². The van der Waals surface area contributed by atoms with Gasteiger partial charge in [-0.1, -0.05) is 55.1 Å². The van der Waals surface area contributed by atoms with Crippen molar-refractivity contribution in [2.24, 2.45) is 0 Å². The predicted octanol–water partition coefficient (Wildman–Crippen LogP) is 3.56. The fourth-order valence-corrected chi connectivity index (χ4v) is 1.94. The molecule has 17 heavy (non-hydrogen) atoms. The third-order valence-corrected chi connectivity index (χ3v) is 2.84. The van der Waals surface area contributed by atoms with Crippen LogP contribution in [0.5, 0.6) is 0 Å². The van der Waals surface area contributed by atoms with Crippen molar-refractivity contribution >= 4 is 16.6 Å². The number of fused-ring (bicyclic) bond motifs is 1. The highest BCUT2D eigenvalue weighted by Crippen LogP contribution is 2.20. The first-order valence-corrected chi connectivity index (χ1v) is 5.54. The van der Waals surface area contributed by atoms with Crippen LogP contribution in [0.1, 0.15) is 5.56 Å². The van der Waals surface area contributed by atoms with Gasteiger partial charge in [0.1, 0.15) is 0 Å². The molecule has 0 atom stereocenters. The maximum atomic E-state index is 4.39. The molecule has 1 aromatic heterocycles. The Bertz CT molecular complexity index is 665. The molecule has 82 valence electrons. The van der Waals surface area contributed by atoms with Gasteiger partial charge < -0.3 is 0 Å². The first kappa shape index (κ1) is 9.85. The van der Waals surface area contributed by atoms with Crippen LogP contribution in [0.3, 0.4) is 0 Å². The molecular weight excluding hydrogens is 208 g/mol. The van der Waals surface area contributed by atoms with E-state index in [-0.39, 0.29) is 0 Å². The summed E-state index contributed by atoms with van der Waals surface area (Å²) in [6.45, 7) is 4.12. The van der Waals surface area contributed by atoms with Crippen molar-refractivity contribution < 1.29 is 0 Å². The third kappa shape index (κ3) is 1.64. The largest absolute Gasteiger partial charge is 0.233 e. The second kappa shape index (κ2) is 3.91. The minimum atomic E-state index is 0.895. The molecular formula is C15H12N2. The van der Waals surface area contributed by atoms with E-state index in [0.29, 0.717) is 0 Å². The lowest BCUT2D eigenvalue weighted by Gasteiger charge is -2.07. The van der Waals surface area contributed by atoms with Crippen LogP contribution in [-0.4, -0.2) is 9.78 Å². The molecule has 0 aliphatic heterocycles. The van der Waals surface area contributed by atoms with E-state index >= 15 is 0 Å². The van der Waals surface area contributed by atoms with E-state index in [2.05, 4.69) is 23.8 Å². The molecule has 0 saturated heterocycles. The number of hydrogen-bond acceptors (Lipinski definition) is 1. The van der Waals surface area contributed by atoms with Crippen molar-refractivity contribution in [1.29, 1.82) is 0 Å². The summed E-state index contributed by atoms with van der Waals surface area (Å²) in [6, 6.07) is 18.2. The summed E-state index contributed by atoms with van der Waals surface area (Å²) in [7, 11) is 0. The van der Waals surface area contributed by atoms with E-state index in [1.165, 1.54) is 0 Å². The topological polar surface area (TPSA) is 17.8 Å². The van der Waals surface area contributed by atoms with Crippen molar-refractivity contribution in [2.75, 3.05) is 0 Å². The highest BCUT2D eigenvalue weighted by molar-refractivity contribution is 5.83. The van der Waals surface area contributed by atoms with Gasteiger partial charge >= 0.3 is 0 Å². The second-order valence-corrected chi connectivity index (χ2v) is 3.93. The molecule has 0 unspecified atom stereocenters. The van der Waals surface area contributed by atoms with Crippen LogP contribution in [0.15, 0.2) is 67.4 Å². The number of nitrogens with zero attached hydrogens (tertiary/aromatic N) is 2. The van der Waals surface area contributed by atoms with Crippen LogP contribution >= 0.6 is 0 Å². The van der Waals surface area contributed by atoms with Gasteiger partial charge in [-0.05, 0) is 11.6 Å². The van der Waals surface area contributed by atoms with Crippen LogP contribution in [0.25, 0.3) is 16.6 Å². The SMILES string of the molecule is C=C(c1ccccc1)n1ncc2ccccc21. The minimum absolute atomic E-state index is 0.895. The van der Waals surface area contributed by atoms with E-state index in [1.54, 1.807) is 0 Å². The molecule has 2 aromatic carbocycles. The zero-order valence-electron chi connectivity index (χ0n) is 9.38. The molecule has 0 radical (unpaired) electrons. The number of hydrogen-bond donors (Lipinski definition) is 0.